The van der Waals surface area contributed by atoms with Gasteiger partial charge in [0, 0.05) is 12.1 Å². The predicted octanol–water partition coefficient (Wildman–Crippen LogP) is 3.75. The van der Waals surface area contributed by atoms with E-state index in [1.165, 1.54) is 17.7 Å². The lowest BCUT2D eigenvalue weighted by Gasteiger charge is -2.13. The van der Waals surface area contributed by atoms with Crippen molar-refractivity contribution in [1.82, 2.24) is 5.32 Å². The largest absolute Gasteiger partial charge is 0.303 e. The molecule has 0 bridgehead atoms. The van der Waals surface area contributed by atoms with Gasteiger partial charge in [0.25, 0.3) is 0 Å². The van der Waals surface area contributed by atoms with E-state index in [4.69, 9.17) is 0 Å². The summed E-state index contributed by atoms with van der Waals surface area (Å²) in [6, 6.07) is 13.7. The van der Waals surface area contributed by atoms with Gasteiger partial charge in [-0.3, -0.25) is 4.79 Å². The summed E-state index contributed by atoms with van der Waals surface area (Å²) in [5.41, 5.74) is 2.89. The van der Waals surface area contributed by atoms with Crippen LogP contribution in [0.3, 0.4) is 0 Å². The highest BCUT2D eigenvalue weighted by molar-refractivity contribution is 5.99. The number of benzene rings is 2. The fraction of sp³-hybridized carbons (Fsp3) is 0.278. The monoisotopic (exact) mass is 285 g/mol. The minimum atomic E-state index is -0.275. The molecule has 0 radical (unpaired) electrons. The van der Waals surface area contributed by atoms with Gasteiger partial charge in [-0.2, -0.15) is 0 Å². The summed E-state index contributed by atoms with van der Waals surface area (Å²) >= 11 is 0. The Balaban J connectivity index is 1.93. The van der Waals surface area contributed by atoms with Crippen molar-refractivity contribution >= 4 is 5.78 Å². The molecule has 21 heavy (non-hydrogen) atoms. The second kappa shape index (κ2) is 7.14. The number of nitrogens with one attached hydrogen (secondary N) is 1. The summed E-state index contributed by atoms with van der Waals surface area (Å²) in [6.45, 7) is 4.48. The average Bonchev–Trinajstić information content (AvgIpc) is 2.53. The zero-order chi connectivity index (χ0) is 15.2. The van der Waals surface area contributed by atoms with Crippen LogP contribution in [0.4, 0.5) is 4.39 Å². The van der Waals surface area contributed by atoms with Gasteiger partial charge in [-0.05, 0) is 36.6 Å². The minimum Gasteiger partial charge on any atom is -0.303 e. The van der Waals surface area contributed by atoms with Gasteiger partial charge < -0.3 is 5.32 Å². The fourth-order valence-electron chi connectivity index (χ4n) is 2.12. The molecule has 0 saturated carbocycles. The normalized spacial score (nSPS) is 12.1. The first-order valence-electron chi connectivity index (χ1n) is 7.21. The summed E-state index contributed by atoms with van der Waals surface area (Å²) in [7, 11) is 0. The third-order valence-electron chi connectivity index (χ3n) is 3.57. The smallest absolute Gasteiger partial charge is 0.179 e. The quantitative estimate of drug-likeness (QED) is 0.819. The molecular weight excluding hydrogens is 265 g/mol. The molecule has 0 aliphatic heterocycles. The van der Waals surface area contributed by atoms with Gasteiger partial charge in [0.2, 0.25) is 0 Å². The van der Waals surface area contributed by atoms with Crippen LogP contribution in [0.1, 0.15) is 35.3 Å². The van der Waals surface area contributed by atoms with Crippen LogP contribution in [0.15, 0.2) is 48.5 Å². The third-order valence-corrected chi connectivity index (χ3v) is 3.57. The van der Waals surface area contributed by atoms with Crippen LogP contribution in [0, 0.1) is 5.82 Å². The first-order valence-corrected chi connectivity index (χ1v) is 7.21. The number of ketones is 1. The molecule has 0 spiro atoms. The van der Waals surface area contributed by atoms with Gasteiger partial charge in [0.1, 0.15) is 5.82 Å². The van der Waals surface area contributed by atoms with E-state index in [9.17, 15) is 9.18 Å². The van der Waals surface area contributed by atoms with Gasteiger partial charge in [-0.15, -0.1) is 0 Å². The molecule has 0 heterocycles. The van der Waals surface area contributed by atoms with E-state index in [0.29, 0.717) is 12.1 Å². The molecular formula is C18H20FNO. The maximum Gasteiger partial charge on any atom is 0.179 e. The lowest BCUT2D eigenvalue weighted by Crippen LogP contribution is -2.33. The second-order valence-corrected chi connectivity index (χ2v) is 5.14. The maximum atomic E-state index is 12.8. The molecule has 2 rings (SSSR count). The molecule has 0 fully saturated rings. The Kier molecular flexibility index (Phi) is 5.23. The molecule has 3 heteroatoms. The van der Waals surface area contributed by atoms with E-state index in [1.54, 1.807) is 12.1 Å². The van der Waals surface area contributed by atoms with Crippen LogP contribution in [0.5, 0.6) is 0 Å². The van der Waals surface area contributed by atoms with Gasteiger partial charge >= 0.3 is 0 Å². The van der Waals surface area contributed by atoms with Gasteiger partial charge in [0.15, 0.2) is 5.78 Å². The highest BCUT2D eigenvalue weighted by Crippen LogP contribution is 2.09. The first-order chi connectivity index (χ1) is 10.1. The Morgan fingerprint density at radius 3 is 2.19 bits per heavy atom. The molecule has 2 aromatic rings. The highest BCUT2D eigenvalue weighted by atomic mass is 19.1. The fourth-order valence-corrected chi connectivity index (χ4v) is 2.12. The summed E-state index contributed by atoms with van der Waals surface area (Å²) < 4.78 is 12.8. The number of carbonyl (C=O) groups excluding carboxylic acids is 1. The van der Waals surface area contributed by atoms with Crippen molar-refractivity contribution in [3.05, 3.63) is 71.0 Å². The van der Waals surface area contributed by atoms with Crippen molar-refractivity contribution in [3.63, 3.8) is 0 Å². The molecule has 0 amide bonds. The highest BCUT2D eigenvalue weighted by Gasteiger charge is 2.14. The Morgan fingerprint density at radius 1 is 1.05 bits per heavy atom. The first kappa shape index (κ1) is 15.4. The molecule has 0 aliphatic rings. The molecule has 0 aromatic heterocycles. The second-order valence-electron chi connectivity index (χ2n) is 5.14. The molecule has 2 nitrogen and oxygen atoms in total. The molecule has 2 aromatic carbocycles. The van der Waals surface area contributed by atoms with Crippen LogP contribution in [0.25, 0.3) is 0 Å². The predicted molar refractivity (Wildman–Crippen MR) is 82.9 cm³/mol. The minimum absolute atomic E-state index is 0.0692. The van der Waals surface area contributed by atoms with Crippen molar-refractivity contribution in [3.8, 4) is 0 Å². The summed E-state index contributed by atoms with van der Waals surface area (Å²) in [4.78, 5) is 12.3. The zero-order valence-electron chi connectivity index (χ0n) is 12.4. The Labute approximate surface area is 125 Å². The van der Waals surface area contributed by atoms with E-state index >= 15 is 0 Å². The van der Waals surface area contributed by atoms with Gasteiger partial charge in [-0.25, -0.2) is 4.39 Å². The van der Waals surface area contributed by atoms with E-state index in [1.807, 2.05) is 31.2 Å². The number of hydrogen-bond acceptors (Lipinski definition) is 2. The average molecular weight is 285 g/mol. The molecule has 1 N–H and O–H groups in total. The lowest BCUT2D eigenvalue weighted by molar-refractivity contribution is 0.0950. The summed E-state index contributed by atoms with van der Waals surface area (Å²) in [5.74, 6) is -0.182. The molecule has 0 saturated heterocycles. The SMILES string of the molecule is CCc1ccc(C(=O)C(C)NCc2ccc(F)cc2)cc1. The summed E-state index contributed by atoms with van der Waals surface area (Å²) in [6.07, 6.45) is 0.965. The number of Topliss-reactive ketones (excluding diaryl/α,β-unsaturated/α-hetero) is 1. The lowest BCUT2D eigenvalue weighted by atomic mass is 10.0. The van der Waals surface area contributed by atoms with Gasteiger partial charge in [-0.1, -0.05) is 43.3 Å². The Morgan fingerprint density at radius 2 is 1.62 bits per heavy atom. The van der Waals surface area contributed by atoms with Crippen LogP contribution < -0.4 is 5.32 Å². The number of hydrogen-bond donors (Lipinski definition) is 1. The molecule has 1 atom stereocenters. The van der Waals surface area contributed by atoms with E-state index in [-0.39, 0.29) is 17.6 Å². The van der Waals surface area contributed by atoms with Crippen molar-refractivity contribution < 1.29 is 9.18 Å². The van der Waals surface area contributed by atoms with Crippen molar-refractivity contribution in [2.45, 2.75) is 32.9 Å². The standard InChI is InChI=1S/C18H20FNO/c1-3-14-4-8-16(9-5-14)18(21)13(2)20-12-15-6-10-17(19)11-7-15/h4-11,13,20H,3,12H2,1-2H3. The van der Waals surface area contributed by atoms with E-state index in [2.05, 4.69) is 12.2 Å². The number of halogens is 1. The molecule has 1 unspecified atom stereocenters. The van der Waals surface area contributed by atoms with Crippen molar-refractivity contribution in [2.75, 3.05) is 0 Å². The van der Waals surface area contributed by atoms with Crippen molar-refractivity contribution in [1.29, 1.82) is 0 Å². The van der Waals surface area contributed by atoms with Crippen LogP contribution in [0.2, 0.25) is 0 Å². The molecule has 0 aliphatic carbocycles. The van der Waals surface area contributed by atoms with Crippen molar-refractivity contribution in [2.24, 2.45) is 0 Å². The number of carbonyl (C=O) groups is 1. The molecule has 110 valence electrons. The van der Waals surface area contributed by atoms with Crippen LogP contribution >= 0.6 is 0 Å². The zero-order valence-corrected chi connectivity index (χ0v) is 12.4. The van der Waals surface area contributed by atoms with E-state index in [0.717, 1.165) is 12.0 Å². The topological polar surface area (TPSA) is 29.1 Å². The van der Waals surface area contributed by atoms with Crippen LogP contribution in [-0.2, 0) is 13.0 Å². The van der Waals surface area contributed by atoms with Gasteiger partial charge in [0.05, 0.1) is 6.04 Å². The van der Waals surface area contributed by atoms with E-state index < -0.39 is 0 Å². The maximum absolute atomic E-state index is 12.8. The Hall–Kier alpha value is -2.00. The van der Waals surface area contributed by atoms with Crippen LogP contribution in [-0.4, -0.2) is 11.8 Å². The third kappa shape index (κ3) is 4.23. The number of rotatable bonds is 6. The number of aryl methyl sites for hydroxylation is 1. The Bertz CT molecular complexity index is 590. The summed E-state index contributed by atoms with van der Waals surface area (Å²) in [5, 5.41) is 3.17.